The number of fused-ring (bicyclic) bond motifs is 3. The summed E-state index contributed by atoms with van der Waals surface area (Å²) in [5, 5.41) is 3.10. The molecule has 2 heterocycles. The lowest BCUT2D eigenvalue weighted by Gasteiger charge is -2.49. The minimum absolute atomic E-state index is 0.00710. The van der Waals surface area contributed by atoms with Crippen molar-refractivity contribution in [1.82, 2.24) is 5.32 Å². The molecule has 1 saturated heterocycles. The average molecular weight is 476 g/mol. The number of halogens is 1. The number of carbonyl (C=O) groups is 1. The molecule has 0 radical (unpaired) electrons. The molecule has 6 nitrogen and oxygen atoms in total. The Morgan fingerprint density at radius 2 is 1.80 bits per heavy atom. The van der Waals surface area contributed by atoms with E-state index in [1.807, 2.05) is 24.3 Å². The first-order valence-electron chi connectivity index (χ1n) is 11.9. The van der Waals surface area contributed by atoms with E-state index < -0.39 is 0 Å². The number of benzene rings is 3. The Bertz CT molecular complexity index is 1200. The summed E-state index contributed by atoms with van der Waals surface area (Å²) in [6.45, 7) is 2.67. The molecule has 3 aromatic rings. The zero-order chi connectivity index (χ0) is 24.4. The Hall–Kier alpha value is -3.74. The Morgan fingerprint density at radius 1 is 1.00 bits per heavy atom. The second kappa shape index (κ2) is 9.86. The quantitative estimate of drug-likeness (QED) is 0.584. The van der Waals surface area contributed by atoms with Crippen molar-refractivity contribution < 1.29 is 18.7 Å². The number of nitrogens with one attached hydrogen (secondary N) is 1. The van der Waals surface area contributed by atoms with Crippen LogP contribution in [0.5, 0.6) is 11.5 Å². The van der Waals surface area contributed by atoms with Gasteiger partial charge in [0.1, 0.15) is 17.3 Å². The third-order valence-corrected chi connectivity index (χ3v) is 7.07. The first kappa shape index (κ1) is 23.0. The molecule has 0 aliphatic carbocycles. The van der Waals surface area contributed by atoms with Gasteiger partial charge in [-0.15, -0.1) is 0 Å². The number of nitrogens with zero attached hydrogens (tertiary/aromatic N) is 2. The van der Waals surface area contributed by atoms with Crippen LogP contribution >= 0.6 is 0 Å². The van der Waals surface area contributed by atoms with Crippen LogP contribution in [0.25, 0.3) is 0 Å². The average Bonchev–Trinajstić information content (AvgIpc) is 2.91. The van der Waals surface area contributed by atoms with Gasteiger partial charge in [0.25, 0.3) is 0 Å². The van der Waals surface area contributed by atoms with Crippen LogP contribution in [0.4, 0.5) is 15.8 Å². The molecule has 2 atom stereocenters. The highest BCUT2D eigenvalue weighted by Crippen LogP contribution is 2.40. The van der Waals surface area contributed by atoms with Gasteiger partial charge in [-0.1, -0.05) is 30.3 Å². The number of hydrogen-bond acceptors (Lipinski definition) is 5. The second-order valence-electron chi connectivity index (χ2n) is 9.03. The lowest BCUT2D eigenvalue weighted by Crippen LogP contribution is -2.61. The van der Waals surface area contributed by atoms with Crippen LogP contribution in [0.15, 0.2) is 66.7 Å². The summed E-state index contributed by atoms with van der Waals surface area (Å²) < 4.78 is 24.4. The maximum atomic E-state index is 13.5. The van der Waals surface area contributed by atoms with Crippen LogP contribution in [0.1, 0.15) is 11.1 Å². The molecular formula is C28H30FN3O3. The Morgan fingerprint density at radius 3 is 2.57 bits per heavy atom. The maximum absolute atomic E-state index is 13.5. The molecular weight excluding hydrogens is 445 g/mol. The van der Waals surface area contributed by atoms with Crippen molar-refractivity contribution in [2.24, 2.45) is 5.92 Å². The highest BCUT2D eigenvalue weighted by atomic mass is 19.1. The summed E-state index contributed by atoms with van der Waals surface area (Å²) in [5.74, 6) is 1.14. The number of methoxy groups -OCH3 is 2. The van der Waals surface area contributed by atoms with E-state index in [0.717, 1.165) is 47.1 Å². The first-order chi connectivity index (χ1) is 17.1. The lowest BCUT2D eigenvalue weighted by molar-refractivity contribution is -0.126. The molecule has 2 aliphatic heterocycles. The van der Waals surface area contributed by atoms with Gasteiger partial charge >= 0.3 is 0 Å². The zero-order valence-corrected chi connectivity index (χ0v) is 20.0. The third-order valence-electron chi connectivity index (χ3n) is 7.07. The van der Waals surface area contributed by atoms with Crippen LogP contribution < -0.4 is 24.6 Å². The molecule has 3 aromatic carbocycles. The molecule has 2 aliphatic rings. The molecule has 7 heteroatoms. The van der Waals surface area contributed by atoms with E-state index in [1.54, 1.807) is 26.4 Å². The van der Waals surface area contributed by atoms with E-state index >= 15 is 0 Å². The van der Waals surface area contributed by atoms with E-state index in [-0.39, 0.29) is 23.7 Å². The molecule has 35 heavy (non-hydrogen) atoms. The van der Waals surface area contributed by atoms with Gasteiger partial charge in [0, 0.05) is 37.9 Å². The molecule has 1 N–H and O–H groups in total. The fourth-order valence-electron chi connectivity index (χ4n) is 5.24. The predicted octanol–water partition coefficient (Wildman–Crippen LogP) is 4.03. The number of rotatable bonds is 6. The number of hydrogen-bond donors (Lipinski definition) is 1. The topological polar surface area (TPSA) is 54.0 Å². The van der Waals surface area contributed by atoms with E-state index in [0.29, 0.717) is 19.5 Å². The zero-order valence-electron chi connectivity index (χ0n) is 20.0. The van der Waals surface area contributed by atoms with Crippen LogP contribution in [0.2, 0.25) is 0 Å². The summed E-state index contributed by atoms with van der Waals surface area (Å²) in [5.41, 5.74) is 4.19. The summed E-state index contributed by atoms with van der Waals surface area (Å²) in [4.78, 5) is 18.2. The smallest absolute Gasteiger partial charge is 0.225 e. The predicted molar refractivity (Wildman–Crippen MR) is 135 cm³/mol. The third kappa shape index (κ3) is 4.63. The molecule has 182 valence electrons. The molecule has 0 spiro atoms. The number of amides is 1. The monoisotopic (exact) mass is 475 g/mol. The normalized spacial score (nSPS) is 18.9. The SMILES string of the molecule is COc1ccc2c(c1)N1CCN(c3ccccc3OC)C[C@@H]1[C@H](C(=O)NCc1ccc(F)cc1)C2. The standard InChI is InChI=1S/C28H30FN3O3/c1-34-22-12-9-20-15-23(28(33)30-17-19-7-10-21(29)11-8-19)26-18-31(13-14-32(26)25(20)16-22)24-5-3-4-6-27(24)35-2/h3-12,16,23,26H,13-15,17-18H2,1-2H3,(H,30,33)/t23-,26-/m1/s1. The Kier molecular flexibility index (Phi) is 6.49. The maximum Gasteiger partial charge on any atom is 0.225 e. The van der Waals surface area contributed by atoms with Crippen molar-refractivity contribution in [2.45, 2.75) is 19.0 Å². The number of anilines is 2. The number of carbonyl (C=O) groups excluding carboxylic acids is 1. The van der Waals surface area contributed by atoms with Crippen LogP contribution in [0.3, 0.4) is 0 Å². The number of piperazine rings is 1. The van der Waals surface area contributed by atoms with Crippen LogP contribution in [0, 0.1) is 11.7 Å². The molecule has 0 aromatic heterocycles. The van der Waals surface area contributed by atoms with Crippen molar-refractivity contribution in [2.75, 3.05) is 43.7 Å². The van der Waals surface area contributed by atoms with Crippen LogP contribution in [-0.2, 0) is 17.8 Å². The summed E-state index contributed by atoms with van der Waals surface area (Å²) >= 11 is 0. The minimum atomic E-state index is -0.284. The van der Waals surface area contributed by atoms with Gasteiger partial charge in [0.05, 0.1) is 31.9 Å². The Balaban J connectivity index is 1.42. The van der Waals surface area contributed by atoms with Gasteiger partial charge in [-0.3, -0.25) is 4.79 Å². The van der Waals surface area contributed by atoms with Gasteiger partial charge in [-0.25, -0.2) is 4.39 Å². The second-order valence-corrected chi connectivity index (χ2v) is 9.03. The van der Waals surface area contributed by atoms with Crippen molar-refractivity contribution in [3.63, 3.8) is 0 Å². The highest BCUT2D eigenvalue weighted by Gasteiger charge is 2.42. The minimum Gasteiger partial charge on any atom is -0.497 e. The lowest BCUT2D eigenvalue weighted by atomic mass is 9.83. The van der Waals surface area contributed by atoms with Crippen molar-refractivity contribution >= 4 is 17.3 Å². The number of para-hydroxylation sites is 2. The van der Waals surface area contributed by atoms with E-state index in [2.05, 4.69) is 33.3 Å². The fourth-order valence-corrected chi connectivity index (χ4v) is 5.24. The van der Waals surface area contributed by atoms with Crippen molar-refractivity contribution in [3.05, 3.63) is 83.7 Å². The molecule has 1 amide bonds. The summed E-state index contributed by atoms with van der Waals surface area (Å²) in [6, 6.07) is 20.3. The van der Waals surface area contributed by atoms with E-state index in [4.69, 9.17) is 9.47 Å². The summed E-state index contributed by atoms with van der Waals surface area (Å²) in [7, 11) is 3.36. The molecule has 1 fully saturated rings. The van der Waals surface area contributed by atoms with Gasteiger partial charge in [-0.05, 0) is 47.9 Å². The van der Waals surface area contributed by atoms with Gasteiger partial charge in [-0.2, -0.15) is 0 Å². The molecule has 5 rings (SSSR count). The first-order valence-corrected chi connectivity index (χ1v) is 11.9. The largest absolute Gasteiger partial charge is 0.497 e. The van der Waals surface area contributed by atoms with Crippen LogP contribution in [-0.4, -0.2) is 45.8 Å². The van der Waals surface area contributed by atoms with E-state index in [9.17, 15) is 9.18 Å². The van der Waals surface area contributed by atoms with Crippen molar-refractivity contribution in [1.29, 1.82) is 0 Å². The van der Waals surface area contributed by atoms with Gasteiger partial charge in [0.15, 0.2) is 0 Å². The van der Waals surface area contributed by atoms with E-state index in [1.165, 1.54) is 12.1 Å². The summed E-state index contributed by atoms with van der Waals surface area (Å²) in [6.07, 6.45) is 0.648. The van der Waals surface area contributed by atoms with Crippen molar-refractivity contribution in [3.8, 4) is 11.5 Å². The molecule has 0 bridgehead atoms. The Labute approximate surface area is 205 Å². The fraction of sp³-hybridized carbons (Fsp3) is 0.321. The van der Waals surface area contributed by atoms with Gasteiger partial charge in [0.2, 0.25) is 5.91 Å². The highest BCUT2D eigenvalue weighted by molar-refractivity contribution is 5.82. The number of ether oxygens (including phenoxy) is 2. The molecule has 0 saturated carbocycles. The molecule has 0 unspecified atom stereocenters. The van der Waals surface area contributed by atoms with Gasteiger partial charge < -0.3 is 24.6 Å².